The van der Waals surface area contributed by atoms with Gasteiger partial charge in [0.25, 0.3) is 0 Å². The first kappa shape index (κ1) is 31.8. The molecule has 1 spiro atoms. The number of likely N-dealkylation sites (tertiary alicyclic amines) is 1. The molecule has 2 heterocycles. The van der Waals surface area contributed by atoms with E-state index in [1.54, 1.807) is 44.6 Å². The highest BCUT2D eigenvalue weighted by Crippen LogP contribution is 2.84. The van der Waals surface area contributed by atoms with Crippen LogP contribution in [-0.4, -0.2) is 94.3 Å². The maximum Gasteiger partial charge on any atom is 0.340 e. The minimum absolute atomic E-state index is 0.00246. The smallest absolute Gasteiger partial charge is 0.340 e. The summed E-state index contributed by atoms with van der Waals surface area (Å²) in [6, 6.07) is 12.6. The lowest BCUT2D eigenvalue weighted by Gasteiger charge is -2.71. The third-order valence-electron chi connectivity index (χ3n) is 14.5. The van der Waals surface area contributed by atoms with E-state index in [4.69, 9.17) is 14.2 Å². The van der Waals surface area contributed by atoms with Gasteiger partial charge >= 0.3 is 5.97 Å². The van der Waals surface area contributed by atoms with Gasteiger partial charge in [0.15, 0.2) is 0 Å². The maximum atomic E-state index is 14.4. The zero-order valence-corrected chi connectivity index (χ0v) is 28.7. The number of hydrogen-bond acceptors (Lipinski definition) is 9. The van der Waals surface area contributed by atoms with Crippen molar-refractivity contribution in [2.45, 2.75) is 81.0 Å². The Labute approximate surface area is 287 Å². The lowest BCUT2D eigenvalue weighted by Crippen LogP contribution is -2.82. The molecule has 5 bridgehead atoms. The van der Waals surface area contributed by atoms with E-state index in [2.05, 4.69) is 22.1 Å². The van der Waals surface area contributed by atoms with Gasteiger partial charge in [-0.05, 0) is 87.2 Å². The molecule has 1 aromatic heterocycles. The largest absolute Gasteiger partial charge is 0.454 e. The zero-order valence-electron chi connectivity index (χ0n) is 28.7. The van der Waals surface area contributed by atoms with Gasteiger partial charge in [0.2, 0.25) is 5.91 Å². The van der Waals surface area contributed by atoms with E-state index in [1.807, 2.05) is 25.1 Å². The number of aryl methyl sites for hydroxylation is 1. The van der Waals surface area contributed by atoms with Crippen molar-refractivity contribution in [3.05, 3.63) is 65.5 Å². The molecular formula is C39H47N3O7. The number of esters is 1. The number of para-hydroxylation sites is 1. The molecule has 260 valence electrons. The van der Waals surface area contributed by atoms with Gasteiger partial charge in [0, 0.05) is 68.2 Å². The van der Waals surface area contributed by atoms with Crippen LogP contribution >= 0.6 is 0 Å². The number of aliphatic hydroxyl groups is 2. The number of carbonyl (C=O) groups excluding carboxylic acids is 2. The number of likely N-dealkylation sites (N-methyl/N-ethyl adjacent to an activating group) is 1. The number of benzene rings is 1. The standard InChI is InChI=1S/C39H47N3O7/c1-5-42-20-36(49-35(44)23-11-6-7-12-26(23)41-31(43)14-13-22-10-8-9-21(2)40-22)16-15-30(48-4)38-28(36)18-25(34(38)42)37(45)19-27(47-3)32-24-17-29(38)39(37,46)33(24)32/h6-14,24-25,27-30,32-34,45-46H,5,15-20H2,1-4H3,(H,41,43)/b14-13+/t24-,25-,27+,28-,29+,30+,32?,33-,34?,36-,37+,38+,39+/m1/s1. The van der Waals surface area contributed by atoms with E-state index >= 15 is 0 Å². The Balaban J connectivity index is 1.07. The number of carbonyl (C=O) groups is 2. The van der Waals surface area contributed by atoms with E-state index < -0.39 is 28.2 Å². The summed E-state index contributed by atoms with van der Waals surface area (Å²) < 4.78 is 19.2. The Morgan fingerprint density at radius 3 is 2.65 bits per heavy atom. The Kier molecular flexibility index (Phi) is 6.93. The van der Waals surface area contributed by atoms with Crippen LogP contribution in [0.15, 0.2) is 48.5 Å². The van der Waals surface area contributed by atoms with Crippen molar-refractivity contribution in [1.29, 1.82) is 0 Å². The molecule has 9 rings (SSSR count). The Morgan fingerprint density at radius 2 is 1.90 bits per heavy atom. The quantitative estimate of drug-likeness (QED) is 0.284. The second kappa shape index (κ2) is 10.7. The van der Waals surface area contributed by atoms with Gasteiger partial charge in [0.05, 0.1) is 29.2 Å². The summed E-state index contributed by atoms with van der Waals surface area (Å²) in [4.78, 5) is 34.3. The summed E-state index contributed by atoms with van der Waals surface area (Å²) in [5.74, 6) is -0.683. The van der Waals surface area contributed by atoms with Gasteiger partial charge in [0.1, 0.15) is 16.8 Å². The van der Waals surface area contributed by atoms with Crippen LogP contribution in [-0.2, 0) is 19.0 Å². The Bertz CT molecular complexity index is 1750. The van der Waals surface area contributed by atoms with Crippen molar-refractivity contribution in [2.24, 2.45) is 40.9 Å². The fourth-order valence-corrected chi connectivity index (χ4v) is 13.1. The molecule has 1 aromatic carbocycles. The first-order valence-electron chi connectivity index (χ1n) is 18.1. The summed E-state index contributed by atoms with van der Waals surface area (Å²) in [5, 5.41) is 28.8. The number of rotatable bonds is 8. The predicted octanol–water partition coefficient (Wildman–Crippen LogP) is 3.85. The van der Waals surface area contributed by atoms with Gasteiger partial charge in [-0.1, -0.05) is 25.1 Å². The highest BCUT2D eigenvalue weighted by Gasteiger charge is 2.92. The number of aromatic nitrogens is 1. The van der Waals surface area contributed by atoms with Gasteiger partial charge in [-0.3, -0.25) is 14.7 Å². The van der Waals surface area contributed by atoms with Crippen LogP contribution in [0, 0.1) is 47.8 Å². The fourth-order valence-electron chi connectivity index (χ4n) is 13.1. The number of nitrogens with zero attached hydrogens (tertiary/aromatic N) is 2. The average molecular weight is 670 g/mol. The number of piperidine rings is 1. The van der Waals surface area contributed by atoms with Gasteiger partial charge in [-0.15, -0.1) is 0 Å². The maximum absolute atomic E-state index is 14.4. The Hall–Kier alpha value is -3.15. The normalized spacial score (nSPS) is 45.2. The van der Waals surface area contributed by atoms with E-state index in [1.165, 1.54) is 6.08 Å². The number of amides is 1. The number of nitrogens with one attached hydrogen (secondary N) is 1. The van der Waals surface area contributed by atoms with Crippen LogP contribution in [0.1, 0.15) is 60.8 Å². The monoisotopic (exact) mass is 669 g/mol. The van der Waals surface area contributed by atoms with Crippen LogP contribution in [0.5, 0.6) is 0 Å². The highest BCUT2D eigenvalue weighted by atomic mass is 16.6. The molecule has 7 aliphatic rings. The van der Waals surface area contributed by atoms with Gasteiger partial charge in [-0.25, -0.2) is 4.79 Å². The minimum atomic E-state index is -1.29. The van der Waals surface area contributed by atoms with Crippen molar-refractivity contribution >= 4 is 23.6 Å². The number of ether oxygens (including phenoxy) is 3. The van der Waals surface area contributed by atoms with E-state index in [0.717, 1.165) is 18.7 Å². The lowest BCUT2D eigenvalue weighted by molar-refractivity contribution is -0.333. The van der Waals surface area contributed by atoms with Crippen LogP contribution in [0.25, 0.3) is 6.08 Å². The predicted molar refractivity (Wildman–Crippen MR) is 180 cm³/mol. The third-order valence-corrected chi connectivity index (χ3v) is 14.5. The van der Waals surface area contributed by atoms with Gasteiger partial charge in [-0.2, -0.15) is 0 Å². The molecule has 49 heavy (non-hydrogen) atoms. The molecule has 7 fully saturated rings. The number of anilines is 1. The molecule has 0 radical (unpaired) electrons. The topological polar surface area (TPSA) is 130 Å². The van der Waals surface area contributed by atoms with E-state index in [9.17, 15) is 19.8 Å². The number of pyridine rings is 1. The van der Waals surface area contributed by atoms with Crippen molar-refractivity contribution in [3.63, 3.8) is 0 Å². The molecule has 13 atom stereocenters. The molecule has 1 aliphatic heterocycles. The van der Waals surface area contributed by atoms with E-state index in [-0.39, 0.29) is 53.7 Å². The number of fused-ring (bicyclic) bond motifs is 2. The van der Waals surface area contributed by atoms with Crippen molar-refractivity contribution in [3.8, 4) is 0 Å². The molecule has 10 nitrogen and oxygen atoms in total. The summed E-state index contributed by atoms with van der Waals surface area (Å²) in [6.07, 6.45) is 6.12. The third kappa shape index (κ3) is 3.92. The SMILES string of the molecule is CCN1C[C@]2(OC(=O)c3ccccc3NC(=O)/C=C/c3cccc(C)n3)CC[C@H](OC)[C@]34C1[C@@H](C[C@H]23)[C@@]1(O)C[C@H](OC)C2[C@H]3C[C@@H]4[C@]1(O)[C@@H]23. The Morgan fingerprint density at radius 1 is 1.08 bits per heavy atom. The van der Waals surface area contributed by atoms with Crippen LogP contribution in [0.3, 0.4) is 0 Å². The highest BCUT2D eigenvalue weighted by molar-refractivity contribution is 6.06. The first-order chi connectivity index (χ1) is 23.6. The second-order valence-electron chi connectivity index (χ2n) is 16.0. The van der Waals surface area contributed by atoms with Crippen molar-refractivity contribution in [1.82, 2.24) is 9.88 Å². The summed E-state index contributed by atoms with van der Waals surface area (Å²) in [5.41, 5.74) is -1.61. The molecule has 1 saturated heterocycles. The van der Waals surface area contributed by atoms with Crippen molar-refractivity contribution in [2.75, 3.05) is 32.6 Å². The number of hydrogen-bond donors (Lipinski definition) is 3. The minimum Gasteiger partial charge on any atom is -0.454 e. The van der Waals surface area contributed by atoms with Crippen LogP contribution in [0.2, 0.25) is 0 Å². The van der Waals surface area contributed by atoms with Crippen molar-refractivity contribution < 1.29 is 34.0 Å². The average Bonchev–Trinajstić information content (AvgIpc) is 3.64. The van der Waals surface area contributed by atoms with Gasteiger partial charge < -0.3 is 29.7 Å². The summed E-state index contributed by atoms with van der Waals surface area (Å²) in [7, 11) is 3.52. The molecule has 6 saturated carbocycles. The number of methoxy groups -OCH3 is 2. The molecule has 2 aromatic rings. The van der Waals surface area contributed by atoms with Crippen LogP contribution < -0.4 is 5.32 Å². The molecule has 2 unspecified atom stereocenters. The second-order valence-corrected chi connectivity index (χ2v) is 16.0. The lowest BCUT2D eigenvalue weighted by atomic mass is 9.42. The summed E-state index contributed by atoms with van der Waals surface area (Å²) >= 11 is 0. The molecule has 6 aliphatic carbocycles. The van der Waals surface area contributed by atoms with Crippen LogP contribution in [0.4, 0.5) is 5.69 Å². The fraction of sp³-hybridized carbons (Fsp3) is 0.615. The molecule has 3 N–H and O–H groups in total. The van der Waals surface area contributed by atoms with E-state index in [0.29, 0.717) is 55.1 Å². The molecule has 1 amide bonds. The molecular weight excluding hydrogens is 622 g/mol. The first-order valence-corrected chi connectivity index (χ1v) is 18.1. The zero-order chi connectivity index (χ0) is 34.1. The molecule has 10 heteroatoms. The summed E-state index contributed by atoms with van der Waals surface area (Å²) in [6.45, 7) is 5.32.